The predicted octanol–water partition coefficient (Wildman–Crippen LogP) is 3.72. The Labute approximate surface area is 140 Å². The molecule has 0 saturated heterocycles. The third-order valence-corrected chi connectivity index (χ3v) is 4.22. The van der Waals surface area contributed by atoms with Gasteiger partial charge in [0.2, 0.25) is 11.8 Å². The third-order valence-electron chi connectivity index (χ3n) is 4.22. The van der Waals surface area contributed by atoms with Crippen molar-refractivity contribution in [3.63, 3.8) is 0 Å². The fourth-order valence-electron chi connectivity index (χ4n) is 2.76. The number of carbonyl (C=O) groups excluding carboxylic acids is 2. The molecule has 1 rings (SSSR count). The van der Waals surface area contributed by atoms with E-state index in [-0.39, 0.29) is 17.7 Å². The summed E-state index contributed by atoms with van der Waals surface area (Å²) in [6, 6.07) is 7.96. The number of rotatable bonds is 8. The molecule has 4 nitrogen and oxygen atoms in total. The zero-order valence-corrected chi connectivity index (χ0v) is 15.1. The van der Waals surface area contributed by atoms with Crippen molar-refractivity contribution < 1.29 is 9.59 Å². The minimum Gasteiger partial charge on any atom is -0.354 e. The summed E-state index contributed by atoms with van der Waals surface area (Å²) in [5, 5.41) is 2.96. The lowest BCUT2D eigenvalue weighted by Gasteiger charge is -2.26. The van der Waals surface area contributed by atoms with E-state index in [0.717, 1.165) is 24.1 Å². The monoisotopic (exact) mass is 318 g/mol. The molecule has 1 aromatic carbocycles. The molecule has 4 heteroatoms. The second-order valence-corrected chi connectivity index (χ2v) is 6.19. The van der Waals surface area contributed by atoms with Crippen molar-refractivity contribution >= 4 is 17.5 Å². The molecule has 0 heterocycles. The van der Waals surface area contributed by atoms with Gasteiger partial charge in [-0.15, -0.1) is 0 Å². The van der Waals surface area contributed by atoms with Gasteiger partial charge in [-0.05, 0) is 30.4 Å². The Kier molecular flexibility index (Phi) is 7.79. The van der Waals surface area contributed by atoms with Crippen LogP contribution in [-0.2, 0) is 9.59 Å². The van der Waals surface area contributed by atoms with Crippen molar-refractivity contribution in [3.05, 3.63) is 29.8 Å². The average molecular weight is 318 g/mol. The highest BCUT2D eigenvalue weighted by atomic mass is 16.2. The van der Waals surface area contributed by atoms with Crippen molar-refractivity contribution in [2.24, 2.45) is 5.92 Å². The van der Waals surface area contributed by atoms with Gasteiger partial charge < -0.3 is 10.2 Å². The van der Waals surface area contributed by atoms with Gasteiger partial charge in [-0.2, -0.15) is 0 Å². The Hall–Kier alpha value is -1.84. The van der Waals surface area contributed by atoms with E-state index in [9.17, 15) is 9.59 Å². The average Bonchev–Trinajstić information content (AvgIpc) is 2.52. The molecule has 0 aromatic heterocycles. The van der Waals surface area contributed by atoms with Gasteiger partial charge in [-0.1, -0.05) is 45.9 Å². The zero-order chi connectivity index (χ0) is 17.4. The maximum atomic E-state index is 12.1. The van der Waals surface area contributed by atoms with Crippen LogP contribution in [0.5, 0.6) is 0 Å². The molecule has 2 amide bonds. The maximum Gasteiger partial charge on any atom is 0.223 e. The number of nitrogens with one attached hydrogen (secondary N) is 1. The lowest BCUT2D eigenvalue weighted by Crippen LogP contribution is -2.39. The number of anilines is 1. The largest absolute Gasteiger partial charge is 0.354 e. The molecule has 1 N–H and O–H groups in total. The van der Waals surface area contributed by atoms with Crippen LogP contribution in [0.3, 0.4) is 0 Å². The highest BCUT2D eigenvalue weighted by Crippen LogP contribution is 2.27. The van der Waals surface area contributed by atoms with E-state index in [2.05, 4.69) is 25.2 Å². The molecular weight excluding hydrogens is 288 g/mol. The van der Waals surface area contributed by atoms with E-state index >= 15 is 0 Å². The van der Waals surface area contributed by atoms with Gasteiger partial charge in [-0.3, -0.25) is 9.59 Å². The Morgan fingerprint density at radius 1 is 1.13 bits per heavy atom. The van der Waals surface area contributed by atoms with Crippen molar-refractivity contribution in [2.45, 2.75) is 53.4 Å². The molecule has 0 bridgehead atoms. The number of para-hydroxylation sites is 1. The summed E-state index contributed by atoms with van der Waals surface area (Å²) in [6.07, 6.45) is 1.68. The number of hydrogen-bond donors (Lipinski definition) is 1. The molecule has 0 spiro atoms. The van der Waals surface area contributed by atoms with Crippen molar-refractivity contribution in [2.75, 3.05) is 18.0 Å². The summed E-state index contributed by atoms with van der Waals surface area (Å²) in [6.45, 7) is 10.8. The van der Waals surface area contributed by atoms with E-state index in [1.54, 1.807) is 11.8 Å². The van der Waals surface area contributed by atoms with Gasteiger partial charge >= 0.3 is 0 Å². The topological polar surface area (TPSA) is 49.4 Å². The minimum absolute atomic E-state index is 0.00474. The van der Waals surface area contributed by atoms with Crippen molar-refractivity contribution in [3.8, 4) is 0 Å². The van der Waals surface area contributed by atoms with Crippen LogP contribution in [0, 0.1) is 5.92 Å². The van der Waals surface area contributed by atoms with Crippen LogP contribution >= 0.6 is 0 Å². The first kappa shape index (κ1) is 19.2. The Morgan fingerprint density at radius 2 is 1.74 bits per heavy atom. The van der Waals surface area contributed by atoms with Crippen LogP contribution in [-0.4, -0.2) is 24.9 Å². The minimum atomic E-state index is -0.00474. The predicted molar refractivity (Wildman–Crippen MR) is 95.6 cm³/mol. The first-order valence-electron chi connectivity index (χ1n) is 8.57. The Morgan fingerprint density at radius 3 is 2.26 bits per heavy atom. The van der Waals surface area contributed by atoms with E-state index in [4.69, 9.17) is 0 Å². The molecule has 1 aromatic rings. The van der Waals surface area contributed by atoms with E-state index < -0.39 is 0 Å². The SMILES string of the molecule is CCC(CC)C(=O)NCCN(C(C)=O)c1ccccc1C(C)C. The normalized spacial score (nSPS) is 10.9. The zero-order valence-electron chi connectivity index (χ0n) is 15.1. The lowest BCUT2D eigenvalue weighted by molar-refractivity contribution is -0.125. The van der Waals surface area contributed by atoms with E-state index in [1.165, 1.54) is 0 Å². The molecule has 0 aliphatic carbocycles. The van der Waals surface area contributed by atoms with Gasteiger partial charge in [0.05, 0.1) is 0 Å². The highest BCUT2D eigenvalue weighted by Gasteiger charge is 2.18. The van der Waals surface area contributed by atoms with Crippen LogP contribution in [0.1, 0.15) is 58.9 Å². The lowest BCUT2D eigenvalue weighted by atomic mass is 10.0. The fourth-order valence-corrected chi connectivity index (χ4v) is 2.76. The molecule has 0 aliphatic heterocycles. The molecule has 0 atom stereocenters. The van der Waals surface area contributed by atoms with Crippen molar-refractivity contribution in [1.29, 1.82) is 0 Å². The number of benzene rings is 1. The van der Waals surface area contributed by atoms with Crippen LogP contribution in [0.15, 0.2) is 24.3 Å². The summed E-state index contributed by atoms with van der Waals surface area (Å²) in [7, 11) is 0. The first-order valence-corrected chi connectivity index (χ1v) is 8.57. The standard InChI is InChI=1S/C19H30N2O2/c1-6-16(7-2)19(23)20-12-13-21(15(5)22)18-11-9-8-10-17(18)14(3)4/h8-11,14,16H,6-7,12-13H2,1-5H3,(H,20,23). The summed E-state index contributed by atoms with van der Waals surface area (Å²) in [5.41, 5.74) is 2.08. The highest BCUT2D eigenvalue weighted by molar-refractivity contribution is 5.92. The van der Waals surface area contributed by atoms with Crippen LogP contribution in [0.25, 0.3) is 0 Å². The number of hydrogen-bond acceptors (Lipinski definition) is 2. The maximum absolute atomic E-state index is 12.1. The first-order chi connectivity index (χ1) is 10.9. The molecule has 0 aliphatic rings. The van der Waals surface area contributed by atoms with Gasteiger partial charge in [0.1, 0.15) is 0 Å². The summed E-state index contributed by atoms with van der Waals surface area (Å²) in [5.74, 6) is 0.474. The molecule has 0 unspecified atom stereocenters. The van der Waals surface area contributed by atoms with E-state index in [1.807, 2.05) is 32.0 Å². The quantitative estimate of drug-likeness (QED) is 0.794. The van der Waals surface area contributed by atoms with Gasteiger partial charge in [-0.25, -0.2) is 0 Å². The summed E-state index contributed by atoms with van der Waals surface area (Å²) < 4.78 is 0. The molecule has 0 radical (unpaired) electrons. The summed E-state index contributed by atoms with van der Waals surface area (Å²) in [4.78, 5) is 25.9. The van der Waals surface area contributed by atoms with E-state index in [0.29, 0.717) is 19.0 Å². The van der Waals surface area contributed by atoms with Crippen LogP contribution in [0.2, 0.25) is 0 Å². The number of amides is 2. The third kappa shape index (κ3) is 5.38. The second-order valence-electron chi connectivity index (χ2n) is 6.19. The van der Waals surface area contributed by atoms with Crippen molar-refractivity contribution in [1.82, 2.24) is 5.32 Å². The van der Waals surface area contributed by atoms with Crippen LogP contribution in [0.4, 0.5) is 5.69 Å². The van der Waals surface area contributed by atoms with Gasteiger partial charge in [0.25, 0.3) is 0 Å². The molecule has 0 fully saturated rings. The molecule has 128 valence electrons. The fraction of sp³-hybridized carbons (Fsp3) is 0.579. The number of carbonyl (C=O) groups is 2. The van der Waals surface area contributed by atoms with Gasteiger partial charge in [0, 0.05) is 31.6 Å². The Balaban J connectivity index is 2.78. The molecular formula is C19H30N2O2. The number of nitrogens with zero attached hydrogens (tertiary/aromatic N) is 1. The van der Waals surface area contributed by atoms with Gasteiger partial charge in [0.15, 0.2) is 0 Å². The second kappa shape index (κ2) is 9.33. The Bertz CT molecular complexity index is 522. The molecule has 23 heavy (non-hydrogen) atoms. The van der Waals surface area contributed by atoms with Crippen LogP contribution < -0.4 is 10.2 Å². The molecule has 0 saturated carbocycles. The summed E-state index contributed by atoms with van der Waals surface area (Å²) >= 11 is 0. The smallest absolute Gasteiger partial charge is 0.223 e.